The van der Waals surface area contributed by atoms with E-state index in [2.05, 4.69) is 4.90 Å². The maximum Gasteiger partial charge on any atom is 0.236 e. The number of carbonyl (C=O) groups is 1. The van der Waals surface area contributed by atoms with E-state index in [9.17, 15) is 4.79 Å². The lowest BCUT2D eigenvalue weighted by Gasteiger charge is -2.23. The molecule has 1 aromatic rings. The maximum atomic E-state index is 12.0. The number of nitrogens with two attached hydrogens (primary N) is 1. The minimum atomic E-state index is 0.122. The van der Waals surface area contributed by atoms with Gasteiger partial charge in [-0.2, -0.15) is 0 Å². The van der Waals surface area contributed by atoms with Gasteiger partial charge < -0.3 is 15.1 Å². The molecule has 0 unspecified atom stereocenters. The molecule has 1 rings (SSSR count). The van der Waals surface area contributed by atoms with Crippen molar-refractivity contribution in [1.82, 2.24) is 9.80 Å². The molecule has 1 aromatic heterocycles. The summed E-state index contributed by atoms with van der Waals surface area (Å²) in [5, 5.41) is 0. The van der Waals surface area contributed by atoms with Crippen LogP contribution in [0.1, 0.15) is 19.1 Å². The van der Waals surface area contributed by atoms with Crippen molar-refractivity contribution in [3.63, 3.8) is 0 Å². The van der Waals surface area contributed by atoms with Crippen LogP contribution in [0.2, 0.25) is 0 Å². The van der Waals surface area contributed by atoms with E-state index in [-0.39, 0.29) is 5.91 Å². The van der Waals surface area contributed by atoms with E-state index in [1.54, 1.807) is 11.2 Å². The first-order valence-corrected chi connectivity index (χ1v) is 6.36. The average molecular weight is 253 g/mol. The molecule has 1 amide bonds. The van der Waals surface area contributed by atoms with Gasteiger partial charge in [-0.3, -0.25) is 9.69 Å². The molecule has 0 aliphatic carbocycles. The Bertz CT molecular complexity index is 338. The second-order valence-corrected chi connectivity index (χ2v) is 4.34. The Labute approximate surface area is 109 Å². The summed E-state index contributed by atoms with van der Waals surface area (Å²) < 4.78 is 5.29. The molecule has 1 heterocycles. The summed E-state index contributed by atoms with van der Waals surface area (Å²) in [5.41, 5.74) is 5.43. The van der Waals surface area contributed by atoms with Gasteiger partial charge in [-0.1, -0.05) is 6.92 Å². The van der Waals surface area contributed by atoms with Gasteiger partial charge >= 0.3 is 0 Å². The lowest BCUT2D eigenvalue weighted by atomic mass is 10.3. The highest BCUT2D eigenvalue weighted by molar-refractivity contribution is 5.77. The molecule has 0 aliphatic heterocycles. The summed E-state index contributed by atoms with van der Waals surface area (Å²) in [6.07, 6.45) is 2.49. The third-order valence-electron chi connectivity index (χ3n) is 2.89. The second-order valence-electron chi connectivity index (χ2n) is 4.34. The molecule has 0 aromatic carbocycles. The molecular formula is C13H23N3O2. The lowest BCUT2D eigenvalue weighted by Crippen LogP contribution is -2.38. The first kappa shape index (κ1) is 14.7. The fourth-order valence-corrected chi connectivity index (χ4v) is 1.67. The quantitative estimate of drug-likeness (QED) is 0.748. The minimum absolute atomic E-state index is 0.122. The summed E-state index contributed by atoms with van der Waals surface area (Å²) in [6, 6.07) is 3.78. The molecule has 0 bridgehead atoms. The standard InChI is InChI=1S/C13H23N3O2/c1-3-16(10-12-6-4-9-18-12)11-13(17)15(2)8-5-7-14/h4,6,9H,3,5,7-8,10-11,14H2,1-2H3. The van der Waals surface area contributed by atoms with Crippen LogP contribution >= 0.6 is 0 Å². The number of carbonyl (C=O) groups excluding carboxylic acids is 1. The van der Waals surface area contributed by atoms with Crippen molar-refractivity contribution >= 4 is 5.91 Å². The molecule has 0 atom stereocenters. The van der Waals surface area contributed by atoms with Crippen LogP contribution < -0.4 is 5.73 Å². The number of hydrogen-bond acceptors (Lipinski definition) is 4. The Balaban J connectivity index is 2.40. The van der Waals surface area contributed by atoms with Gasteiger partial charge in [0.1, 0.15) is 5.76 Å². The molecule has 5 nitrogen and oxygen atoms in total. The van der Waals surface area contributed by atoms with Gasteiger partial charge in [-0.15, -0.1) is 0 Å². The minimum Gasteiger partial charge on any atom is -0.468 e. The summed E-state index contributed by atoms with van der Waals surface area (Å²) in [4.78, 5) is 15.7. The molecule has 5 heteroatoms. The van der Waals surface area contributed by atoms with E-state index >= 15 is 0 Å². The first-order valence-electron chi connectivity index (χ1n) is 6.36. The Kier molecular flexibility index (Phi) is 6.46. The number of amides is 1. The largest absolute Gasteiger partial charge is 0.468 e. The van der Waals surface area contributed by atoms with Crippen LogP contribution in [-0.4, -0.2) is 48.9 Å². The fourth-order valence-electron chi connectivity index (χ4n) is 1.67. The van der Waals surface area contributed by atoms with E-state index in [1.807, 2.05) is 26.1 Å². The van der Waals surface area contributed by atoms with Gasteiger partial charge in [-0.05, 0) is 31.6 Å². The van der Waals surface area contributed by atoms with Crippen LogP contribution in [0.5, 0.6) is 0 Å². The van der Waals surface area contributed by atoms with Crippen molar-refractivity contribution in [2.24, 2.45) is 5.73 Å². The summed E-state index contributed by atoms with van der Waals surface area (Å²) in [6.45, 7) is 5.26. The van der Waals surface area contributed by atoms with Gasteiger partial charge in [0.2, 0.25) is 5.91 Å². The topological polar surface area (TPSA) is 62.7 Å². The Morgan fingerprint density at radius 3 is 2.83 bits per heavy atom. The van der Waals surface area contributed by atoms with Crippen molar-refractivity contribution in [3.8, 4) is 0 Å². The SMILES string of the molecule is CCN(CC(=O)N(C)CCCN)Cc1ccco1. The van der Waals surface area contributed by atoms with Crippen molar-refractivity contribution in [2.75, 3.05) is 33.2 Å². The molecule has 18 heavy (non-hydrogen) atoms. The number of likely N-dealkylation sites (N-methyl/N-ethyl adjacent to an activating group) is 2. The van der Waals surface area contributed by atoms with E-state index in [1.165, 1.54) is 0 Å². The van der Waals surface area contributed by atoms with E-state index in [4.69, 9.17) is 10.2 Å². The molecule has 102 valence electrons. The predicted molar refractivity (Wildman–Crippen MR) is 71.0 cm³/mol. The molecule has 0 radical (unpaired) electrons. The molecule has 0 spiro atoms. The highest BCUT2D eigenvalue weighted by atomic mass is 16.3. The predicted octanol–water partition coefficient (Wildman–Crippen LogP) is 0.909. The summed E-state index contributed by atoms with van der Waals surface area (Å²) in [7, 11) is 1.82. The van der Waals surface area contributed by atoms with E-state index in [0.717, 1.165) is 18.7 Å². The van der Waals surface area contributed by atoms with Crippen molar-refractivity contribution < 1.29 is 9.21 Å². The van der Waals surface area contributed by atoms with E-state index in [0.29, 0.717) is 26.2 Å². The Morgan fingerprint density at radius 1 is 1.50 bits per heavy atom. The zero-order valence-electron chi connectivity index (χ0n) is 11.3. The summed E-state index contributed by atoms with van der Waals surface area (Å²) >= 11 is 0. The molecule has 0 saturated heterocycles. The molecule has 0 saturated carbocycles. The molecule has 0 aliphatic rings. The van der Waals surface area contributed by atoms with Crippen molar-refractivity contribution in [3.05, 3.63) is 24.2 Å². The molecule has 0 fully saturated rings. The Hall–Kier alpha value is -1.33. The van der Waals surface area contributed by atoms with Crippen molar-refractivity contribution in [2.45, 2.75) is 19.9 Å². The van der Waals surface area contributed by atoms with E-state index < -0.39 is 0 Å². The summed E-state index contributed by atoms with van der Waals surface area (Å²) in [5.74, 6) is 1.01. The number of furan rings is 1. The Morgan fingerprint density at radius 2 is 2.28 bits per heavy atom. The van der Waals surface area contributed by atoms with Gasteiger partial charge in [-0.25, -0.2) is 0 Å². The maximum absolute atomic E-state index is 12.0. The smallest absolute Gasteiger partial charge is 0.236 e. The average Bonchev–Trinajstić information content (AvgIpc) is 2.87. The van der Waals surface area contributed by atoms with Crippen LogP contribution in [0.15, 0.2) is 22.8 Å². The van der Waals surface area contributed by atoms with Gasteiger partial charge in [0.25, 0.3) is 0 Å². The monoisotopic (exact) mass is 253 g/mol. The van der Waals surface area contributed by atoms with Gasteiger partial charge in [0.05, 0.1) is 19.4 Å². The lowest BCUT2D eigenvalue weighted by molar-refractivity contribution is -0.131. The molecular weight excluding hydrogens is 230 g/mol. The van der Waals surface area contributed by atoms with Crippen LogP contribution in [0.4, 0.5) is 0 Å². The van der Waals surface area contributed by atoms with Gasteiger partial charge in [0, 0.05) is 13.6 Å². The number of rotatable bonds is 8. The molecule has 2 N–H and O–H groups in total. The number of hydrogen-bond donors (Lipinski definition) is 1. The van der Waals surface area contributed by atoms with Crippen LogP contribution in [-0.2, 0) is 11.3 Å². The third kappa shape index (κ3) is 4.89. The normalized spacial score (nSPS) is 10.9. The van der Waals surface area contributed by atoms with Crippen LogP contribution in [0.3, 0.4) is 0 Å². The first-order chi connectivity index (χ1) is 8.67. The zero-order chi connectivity index (χ0) is 13.4. The van der Waals surface area contributed by atoms with Crippen LogP contribution in [0, 0.1) is 0 Å². The van der Waals surface area contributed by atoms with Gasteiger partial charge in [0.15, 0.2) is 0 Å². The zero-order valence-corrected chi connectivity index (χ0v) is 11.3. The van der Waals surface area contributed by atoms with Crippen molar-refractivity contribution in [1.29, 1.82) is 0 Å². The second kappa shape index (κ2) is 7.89. The highest BCUT2D eigenvalue weighted by Gasteiger charge is 2.14. The van der Waals surface area contributed by atoms with Crippen LogP contribution in [0.25, 0.3) is 0 Å². The highest BCUT2D eigenvalue weighted by Crippen LogP contribution is 2.05. The number of nitrogens with zero attached hydrogens (tertiary/aromatic N) is 2. The third-order valence-corrected chi connectivity index (χ3v) is 2.89. The fraction of sp³-hybridized carbons (Fsp3) is 0.615.